The zero-order chi connectivity index (χ0) is 7.40. The molecule has 0 bridgehead atoms. The first-order chi connectivity index (χ1) is 4.83. The molecule has 4 heteroatoms. The quantitative estimate of drug-likeness (QED) is 0.671. The molecule has 0 fully saturated rings. The molecule has 0 radical (unpaired) electrons. The van der Waals surface area contributed by atoms with Gasteiger partial charge in [0.15, 0.2) is 0 Å². The molecule has 0 aromatic carbocycles. The lowest BCUT2D eigenvalue weighted by molar-refractivity contribution is 0.981. The highest BCUT2D eigenvalue weighted by molar-refractivity contribution is 6.17. The van der Waals surface area contributed by atoms with Gasteiger partial charge in [-0.05, 0) is 6.92 Å². The van der Waals surface area contributed by atoms with E-state index in [-0.39, 0.29) is 12.4 Å². The van der Waals surface area contributed by atoms with Crippen LogP contribution in [0.3, 0.4) is 0 Å². The molecule has 2 nitrogen and oxygen atoms in total. The van der Waals surface area contributed by atoms with Crippen molar-refractivity contribution >= 4 is 24.0 Å². The Morgan fingerprint density at radius 2 is 2.09 bits per heavy atom. The molecule has 1 aromatic heterocycles. The average Bonchev–Trinajstić information content (AvgIpc) is 1.95. The summed E-state index contributed by atoms with van der Waals surface area (Å²) in [5.74, 6) is 0.609. The number of halogens is 2. The summed E-state index contributed by atoms with van der Waals surface area (Å²) in [7, 11) is 0. The van der Waals surface area contributed by atoms with Gasteiger partial charge in [0.2, 0.25) is 0 Å². The third-order valence-corrected chi connectivity index (χ3v) is 1.37. The van der Waals surface area contributed by atoms with Crippen LogP contribution in [0.15, 0.2) is 12.4 Å². The number of nitrogens with zero attached hydrogens (tertiary/aromatic N) is 2. The van der Waals surface area contributed by atoms with E-state index in [9.17, 15) is 0 Å². The summed E-state index contributed by atoms with van der Waals surface area (Å²) in [6.07, 6.45) is 4.31. The van der Waals surface area contributed by atoms with Crippen LogP contribution in [0.1, 0.15) is 11.4 Å². The molecule has 1 aromatic rings. The predicted molar refractivity (Wildman–Crippen MR) is 48.4 cm³/mol. The summed E-state index contributed by atoms with van der Waals surface area (Å²) in [4.78, 5) is 8.20. The van der Waals surface area contributed by atoms with Crippen LogP contribution in [0.25, 0.3) is 0 Å². The lowest BCUT2D eigenvalue weighted by Crippen LogP contribution is -1.93. The highest BCUT2D eigenvalue weighted by Gasteiger charge is 1.91. The van der Waals surface area contributed by atoms with Gasteiger partial charge in [-0.2, -0.15) is 0 Å². The Hall–Kier alpha value is -0.340. The Bertz CT molecular complexity index is 198. The standard InChI is InChI=1S/C7H9ClN2.ClH/c1-6-4-10-7(2-3-8)5-9-6;/h4-5H,2-3H2,1H3;1H. The predicted octanol–water partition coefficient (Wildman–Crippen LogP) is 1.99. The maximum atomic E-state index is 5.51. The highest BCUT2D eigenvalue weighted by Crippen LogP contribution is 1.95. The second-order valence-corrected chi connectivity index (χ2v) is 2.47. The van der Waals surface area contributed by atoms with E-state index in [0.717, 1.165) is 17.8 Å². The van der Waals surface area contributed by atoms with Crippen LogP contribution in [-0.4, -0.2) is 15.8 Å². The van der Waals surface area contributed by atoms with Gasteiger partial charge < -0.3 is 0 Å². The largest absolute Gasteiger partial charge is 0.258 e. The van der Waals surface area contributed by atoms with E-state index in [4.69, 9.17) is 11.6 Å². The summed E-state index contributed by atoms with van der Waals surface area (Å²) >= 11 is 5.51. The number of rotatable bonds is 2. The maximum absolute atomic E-state index is 5.51. The van der Waals surface area contributed by atoms with E-state index < -0.39 is 0 Å². The smallest absolute Gasteiger partial charge is 0.0598 e. The monoisotopic (exact) mass is 192 g/mol. The first-order valence-corrected chi connectivity index (χ1v) is 3.70. The molecule has 0 aliphatic rings. The van der Waals surface area contributed by atoms with Crippen molar-refractivity contribution in [3.8, 4) is 0 Å². The van der Waals surface area contributed by atoms with E-state index in [1.165, 1.54) is 0 Å². The number of aryl methyl sites for hydroxylation is 2. The molecule has 0 aliphatic carbocycles. The van der Waals surface area contributed by atoms with Crippen molar-refractivity contribution < 1.29 is 0 Å². The topological polar surface area (TPSA) is 25.8 Å². The molecule has 0 saturated heterocycles. The fourth-order valence-electron chi connectivity index (χ4n) is 0.645. The van der Waals surface area contributed by atoms with Crippen LogP contribution in [0.4, 0.5) is 0 Å². The molecule has 1 heterocycles. The van der Waals surface area contributed by atoms with Crippen molar-refractivity contribution in [2.24, 2.45) is 0 Å². The van der Waals surface area contributed by atoms with Gasteiger partial charge in [0, 0.05) is 24.7 Å². The van der Waals surface area contributed by atoms with Crippen molar-refractivity contribution in [2.45, 2.75) is 13.3 Å². The Labute approximate surface area is 77.4 Å². The second-order valence-electron chi connectivity index (χ2n) is 2.09. The van der Waals surface area contributed by atoms with Gasteiger partial charge in [-0.3, -0.25) is 9.97 Å². The first kappa shape index (κ1) is 10.7. The molecule has 0 unspecified atom stereocenters. The Morgan fingerprint density at radius 3 is 2.55 bits per heavy atom. The van der Waals surface area contributed by atoms with Gasteiger partial charge in [0.1, 0.15) is 0 Å². The molecule has 0 atom stereocenters. The van der Waals surface area contributed by atoms with E-state index in [2.05, 4.69) is 9.97 Å². The number of alkyl halides is 1. The van der Waals surface area contributed by atoms with Gasteiger partial charge >= 0.3 is 0 Å². The van der Waals surface area contributed by atoms with E-state index in [1.54, 1.807) is 12.4 Å². The summed E-state index contributed by atoms with van der Waals surface area (Å²) in [5, 5.41) is 0. The molecule has 11 heavy (non-hydrogen) atoms. The third kappa shape index (κ3) is 3.54. The first-order valence-electron chi connectivity index (χ1n) is 3.16. The molecule has 0 N–H and O–H groups in total. The van der Waals surface area contributed by atoms with Crippen LogP contribution in [0.5, 0.6) is 0 Å². The van der Waals surface area contributed by atoms with Crippen LogP contribution in [-0.2, 0) is 6.42 Å². The molecule has 0 saturated carbocycles. The molecule has 62 valence electrons. The van der Waals surface area contributed by atoms with Crippen LogP contribution in [0.2, 0.25) is 0 Å². The summed E-state index contributed by atoms with van der Waals surface area (Å²) in [6.45, 7) is 1.91. The molecule has 0 amide bonds. The lowest BCUT2D eigenvalue weighted by Gasteiger charge is -1.94. The Kier molecular flexibility index (Phi) is 5.16. The normalized spacial score (nSPS) is 8.91. The van der Waals surface area contributed by atoms with E-state index >= 15 is 0 Å². The number of aromatic nitrogens is 2. The Morgan fingerprint density at radius 1 is 1.36 bits per heavy atom. The van der Waals surface area contributed by atoms with Crippen molar-refractivity contribution in [3.63, 3.8) is 0 Å². The minimum absolute atomic E-state index is 0. The summed E-state index contributed by atoms with van der Waals surface area (Å²) < 4.78 is 0. The van der Waals surface area contributed by atoms with Gasteiger partial charge in [-0.15, -0.1) is 24.0 Å². The Balaban J connectivity index is 0.000001000. The number of hydrogen-bond donors (Lipinski definition) is 0. The van der Waals surface area contributed by atoms with Crippen LogP contribution < -0.4 is 0 Å². The maximum Gasteiger partial charge on any atom is 0.0598 e. The van der Waals surface area contributed by atoms with E-state index in [0.29, 0.717) is 5.88 Å². The van der Waals surface area contributed by atoms with Gasteiger partial charge in [-0.25, -0.2) is 0 Å². The molecular weight excluding hydrogens is 183 g/mol. The van der Waals surface area contributed by atoms with Crippen molar-refractivity contribution in [1.29, 1.82) is 0 Å². The highest BCUT2D eigenvalue weighted by atomic mass is 35.5. The fraction of sp³-hybridized carbons (Fsp3) is 0.429. The fourth-order valence-corrected chi connectivity index (χ4v) is 0.839. The molecule has 0 spiro atoms. The van der Waals surface area contributed by atoms with Gasteiger partial charge in [0.25, 0.3) is 0 Å². The summed E-state index contributed by atoms with van der Waals surface area (Å²) in [5.41, 5.74) is 1.90. The molecule has 1 rings (SSSR count). The molecular formula is C7H10Cl2N2. The lowest BCUT2D eigenvalue weighted by atomic mass is 10.3. The van der Waals surface area contributed by atoms with Crippen LogP contribution >= 0.6 is 24.0 Å². The second kappa shape index (κ2) is 5.33. The van der Waals surface area contributed by atoms with Crippen molar-refractivity contribution in [2.75, 3.05) is 5.88 Å². The van der Waals surface area contributed by atoms with Crippen molar-refractivity contribution in [3.05, 3.63) is 23.8 Å². The van der Waals surface area contributed by atoms with Crippen LogP contribution in [0, 0.1) is 6.92 Å². The minimum Gasteiger partial charge on any atom is -0.258 e. The average molecular weight is 193 g/mol. The van der Waals surface area contributed by atoms with E-state index in [1.807, 2.05) is 6.92 Å². The van der Waals surface area contributed by atoms with Gasteiger partial charge in [0.05, 0.1) is 11.4 Å². The molecule has 0 aliphatic heterocycles. The zero-order valence-corrected chi connectivity index (χ0v) is 7.82. The van der Waals surface area contributed by atoms with Gasteiger partial charge in [-0.1, -0.05) is 0 Å². The third-order valence-electron chi connectivity index (χ3n) is 1.19. The SMILES string of the molecule is Cc1cnc(CCCl)cn1.Cl. The summed E-state index contributed by atoms with van der Waals surface area (Å²) in [6, 6.07) is 0. The van der Waals surface area contributed by atoms with Crippen molar-refractivity contribution in [1.82, 2.24) is 9.97 Å². The zero-order valence-electron chi connectivity index (χ0n) is 6.25. The minimum atomic E-state index is 0. The number of hydrogen-bond acceptors (Lipinski definition) is 2.